The van der Waals surface area contributed by atoms with E-state index >= 15 is 0 Å². The van der Waals surface area contributed by atoms with Gasteiger partial charge in [0, 0.05) is 11.8 Å². The number of rotatable bonds is 5. The van der Waals surface area contributed by atoms with Gasteiger partial charge in [-0.05, 0) is 37.8 Å². The molecule has 0 atom stereocenters. The van der Waals surface area contributed by atoms with Gasteiger partial charge in [0.25, 0.3) is 5.91 Å². The van der Waals surface area contributed by atoms with Crippen LogP contribution < -0.4 is 5.32 Å². The van der Waals surface area contributed by atoms with Gasteiger partial charge in [0.15, 0.2) is 5.82 Å². The Morgan fingerprint density at radius 2 is 2.04 bits per heavy atom. The van der Waals surface area contributed by atoms with E-state index < -0.39 is 0 Å². The highest BCUT2D eigenvalue weighted by molar-refractivity contribution is 6.02. The molecule has 0 aliphatic heterocycles. The molecule has 0 aliphatic carbocycles. The molecule has 0 bridgehead atoms. The number of aryl methyl sites for hydroxylation is 4. The van der Waals surface area contributed by atoms with Gasteiger partial charge in [-0.15, -0.1) is 0 Å². The van der Waals surface area contributed by atoms with Crippen LogP contribution in [-0.2, 0) is 12.8 Å². The summed E-state index contributed by atoms with van der Waals surface area (Å²) < 4.78 is 0. The molecule has 0 spiro atoms. The van der Waals surface area contributed by atoms with Crippen LogP contribution in [0.2, 0.25) is 0 Å². The molecular formula is C17H19N5O. The molecule has 6 heteroatoms. The van der Waals surface area contributed by atoms with Crippen LogP contribution in [0.1, 0.15) is 33.1 Å². The molecule has 1 aromatic carbocycles. The quantitative estimate of drug-likeness (QED) is 0.677. The first kappa shape index (κ1) is 15.0. The van der Waals surface area contributed by atoms with Crippen LogP contribution in [0.3, 0.4) is 0 Å². The number of nitrogens with one attached hydrogen (secondary N) is 3. The molecule has 6 nitrogen and oxygen atoms in total. The highest BCUT2D eigenvalue weighted by atomic mass is 16.2. The monoisotopic (exact) mass is 309 g/mol. The highest BCUT2D eigenvalue weighted by Gasteiger charge is 2.10. The number of carbonyl (C=O) groups excluding carboxylic acids is 1. The fourth-order valence-electron chi connectivity index (χ4n) is 2.43. The molecule has 3 aromatic rings. The zero-order chi connectivity index (χ0) is 16.2. The third-order valence-electron chi connectivity index (χ3n) is 3.74. The number of hydrogen-bond donors (Lipinski definition) is 3. The molecule has 0 saturated heterocycles. The van der Waals surface area contributed by atoms with Gasteiger partial charge < -0.3 is 10.3 Å². The first-order valence-electron chi connectivity index (χ1n) is 7.53. The van der Waals surface area contributed by atoms with Gasteiger partial charge in [0.1, 0.15) is 11.5 Å². The molecule has 0 unspecified atom stereocenters. The Morgan fingerprint density at radius 3 is 2.78 bits per heavy atom. The van der Waals surface area contributed by atoms with Gasteiger partial charge in [0.2, 0.25) is 0 Å². The molecule has 0 radical (unpaired) electrons. The minimum atomic E-state index is -0.248. The summed E-state index contributed by atoms with van der Waals surface area (Å²) in [6.07, 6.45) is 3.29. The van der Waals surface area contributed by atoms with Crippen molar-refractivity contribution >= 4 is 11.7 Å². The van der Waals surface area contributed by atoms with E-state index in [9.17, 15) is 4.79 Å². The van der Waals surface area contributed by atoms with Crippen LogP contribution in [0, 0.1) is 13.8 Å². The van der Waals surface area contributed by atoms with E-state index in [1.807, 2.05) is 18.2 Å². The number of carbonyl (C=O) groups is 1. The minimum absolute atomic E-state index is 0.248. The van der Waals surface area contributed by atoms with Gasteiger partial charge in [0.05, 0.1) is 6.20 Å². The summed E-state index contributed by atoms with van der Waals surface area (Å²) >= 11 is 0. The molecule has 3 rings (SSSR count). The largest absolute Gasteiger partial charge is 0.338 e. The Balaban J connectivity index is 1.60. The zero-order valence-electron chi connectivity index (χ0n) is 13.2. The van der Waals surface area contributed by atoms with E-state index in [-0.39, 0.29) is 5.91 Å². The molecule has 0 saturated carbocycles. The van der Waals surface area contributed by atoms with Crippen LogP contribution in [0.5, 0.6) is 0 Å². The fraction of sp³-hybridized carbons (Fsp3) is 0.235. The van der Waals surface area contributed by atoms with Crippen molar-refractivity contribution in [2.24, 2.45) is 0 Å². The number of imidazole rings is 1. The van der Waals surface area contributed by atoms with Crippen molar-refractivity contribution in [3.63, 3.8) is 0 Å². The molecule has 0 fully saturated rings. The van der Waals surface area contributed by atoms with Gasteiger partial charge in [-0.2, -0.15) is 5.10 Å². The van der Waals surface area contributed by atoms with Crippen LogP contribution in [0.15, 0.2) is 36.5 Å². The van der Waals surface area contributed by atoms with Gasteiger partial charge in [-0.3, -0.25) is 9.89 Å². The zero-order valence-corrected chi connectivity index (χ0v) is 13.2. The van der Waals surface area contributed by atoms with Crippen molar-refractivity contribution in [1.82, 2.24) is 20.2 Å². The van der Waals surface area contributed by atoms with Gasteiger partial charge >= 0.3 is 0 Å². The van der Waals surface area contributed by atoms with E-state index in [0.717, 1.165) is 18.5 Å². The highest BCUT2D eigenvalue weighted by Crippen LogP contribution is 2.13. The van der Waals surface area contributed by atoms with Crippen molar-refractivity contribution in [3.8, 4) is 0 Å². The Hall–Kier alpha value is -2.89. The van der Waals surface area contributed by atoms with Crippen LogP contribution >= 0.6 is 0 Å². The fourth-order valence-corrected chi connectivity index (χ4v) is 2.43. The Labute approximate surface area is 134 Å². The summed E-state index contributed by atoms with van der Waals surface area (Å²) in [5, 5.41) is 9.85. The molecular weight excluding hydrogens is 290 g/mol. The number of benzene rings is 1. The number of amides is 1. The maximum atomic E-state index is 12.0. The lowest BCUT2D eigenvalue weighted by Gasteiger charge is -2.03. The number of hydrogen-bond acceptors (Lipinski definition) is 3. The normalized spacial score (nSPS) is 10.7. The second-order valence-electron chi connectivity index (χ2n) is 5.54. The third-order valence-corrected chi connectivity index (χ3v) is 3.74. The summed E-state index contributed by atoms with van der Waals surface area (Å²) in [5.74, 6) is 0.973. The third kappa shape index (κ3) is 3.66. The molecule has 23 heavy (non-hydrogen) atoms. The average Bonchev–Trinajstić information content (AvgIpc) is 3.15. The first-order valence-corrected chi connectivity index (χ1v) is 7.53. The SMILES string of the molecule is Cc1ncc(C(=O)Nc2cc(CCc3ccccc3C)[nH]n2)[nH]1. The Morgan fingerprint density at radius 1 is 1.22 bits per heavy atom. The van der Waals surface area contributed by atoms with E-state index in [1.165, 1.54) is 17.3 Å². The van der Waals surface area contributed by atoms with Crippen LogP contribution in [-0.4, -0.2) is 26.1 Å². The second kappa shape index (κ2) is 6.48. The molecule has 2 aromatic heterocycles. The standard InChI is InChI=1S/C17H19N5O/c1-11-5-3-4-6-13(11)7-8-14-9-16(22-21-14)20-17(23)15-10-18-12(2)19-15/h3-6,9-10H,7-8H2,1-2H3,(H,18,19)(H2,20,21,22,23). The summed E-state index contributed by atoms with van der Waals surface area (Å²) in [4.78, 5) is 18.9. The summed E-state index contributed by atoms with van der Waals surface area (Å²) in [6, 6.07) is 10.2. The molecule has 0 aliphatic rings. The predicted molar refractivity (Wildman–Crippen MR) is 88.5 cm³/mol. The van der Waals surface area contributed by atoms with E-state index in [2.05, 4.69) is 44.5 Å². The molecule has 118 valence electrons. The second-order valence-corrected chi connectivity index (χ2v) is 5.54. The molecule has 2 heterocycles. The van der Waals surface area contributed by atoms with Gasteiger partial charge in [-0.1, -0.05) is 24.3 Å². The van der Waals surface area contributed by atoms with E-state index in [1.54, 1.807) is 6.92 Å². The Bertz CT molecular complexity index is 818. The van der Waals surface area contributed by atoms with Crippen LogP contribution in [0.25, 0.3) is 0 Å². The topological polar surface area (TPSA) is 86.5 Å². The van der Waals surface area contributed by atoms with Crippen molar-refractivity contribution in [1.29, 1.82) is 0 Å². The maximum absolute atomic E-state index is 12.0. The van der Waals surface area contributed by atoms with Crippen molar-refractivity contribution < 1.29 is 4.79 Å². The van der Waals surface area contributed by atoms with Crippen LogP contribution in [0.4, 0.5) is 5.82 Å². The van der Waals surface area contributed by atoms with E-state index in [0.29, 0.717) is 17.3 Å². The number of aromatic amines is 2. The summed E-state index contributed by atoms with van der Waals surface area (Å²) in [6.45, 7) is 3.91. The Kier molecular flexibility index (Phi) is 4.23. The lowest BCUT2D eigenvalue weighted by molar-refractivity contribution is 0.102. The molecule has 3 N–H and O–H groups in total. The minimum Gasteiger partial charge on any atom is -0.338 e. The summed E-state index contributed by atoms with van der Waals surface area (Å²) in [5.41, 5.74) is 4.02. The van der Waals surface area contributed by atoms with Gasteiger partial charge in [-0.25, -0.2) is 4.98 Å². The predicted octanol–water partition coefficient (Wildman–Crippen LogP) is 2.79. The summed E-state index contributed by atoms with van der Waals surface area (Å²) in [7, 11) is 0. The average molecular weight is 309 g/mol. The number of anilines is 1. The van der Waals surface area contributed by atoms with Crippen molar-refractivity contribution in [2.75, 3.05) is 5.32 Å². The molecule has 1 amide bonds. The van der Waals surface area contributed by atoms with E-state index in [4.69, 9.17) is 0 Å². The number of H-pyrrole nitrogens is 2. The first-order chi connectivity index (χ1) is 11.1. The number of aromatic nitrogens is 4. The smallest absolute Gasteiger partial charge is 0.274 e. The maximum Gasteiger partial charge on any atom is 0.274 e. The van der Waals surface area contributed by atoms with Crippen molar-refractivity contribution in [3.05, 3.63) is 64.9 Å². The van der Waals surface area contributed by atoms with Crippen molar-refractivity contribution in [2.45, 2.75) is 26.7 Å². The number of nitrogens with zero attached hydrogens (tertiary/aromatic N) is 2. The lowest BCUT2D eigenvalue weighted by Crippen LogP contribution is -2.12. The lowest BCUT2D eigenvalue weighted by atomic mass is 10.0.